The van der Waals surface area contributed by atoms with Crippen LogP contribution in [0.5, 0.6) is 0 Å². The second kappa shape index (κ2) is 12.5. The Morgan fingerprint density at radius 2 is 1.77 bits per heavy atom. The van der Waals surface area contributed by atoms with Crippen molar-refractivity contribution in [3.63, 3.8) is 0 Å². The molecule has 0 bridgehead atoms. The molecule has 1 aliphatic heterocycles. The normalized spacial score (nSPS) is 14.5. The summed E-state index contributed by atoms with van der Waals surface area (Å²) < 4.78 is 4.91. The fourth-order valence-electron chi connectivity index (χ4n) is 4.42. The number of thioether (sulfide) groups is 1. The van der Waals surface area contributed by atoms with Crippen molar-refractivity contribution in [2.75, 3.05) is 18.0 Å². The van der Waals surface area contributed by atoms with Crippen LogP contribution in [0.2, 0.25) is 0 Å². The zero-order valence-electron chi connectivity index (χ0n) is 22.1. The molecule has 3 amide bonds. The summed E-state index contributed by atoms with van der Waals surface area (Å²) in [6.07, 6.45) is 0.473. The van der Waals surface area contributed by atoms with Crippen LogP contribution in [0.4, 0.5) is 10.6 Å². The number of piperidine rings is 1. The van der Waals surface area contributed by atoms with Gasteiger partial charge in [-0.1, -0.05) is 49.0 Å². The summed E-state index contributed by atoms with van der Waals surface area (Å²) in [5, 5.41) is 22.5. The zero-order valence-corrected chi connectivity index (χ0v) is 22.9. The summed E-state index contributed by atoms with van der Waals surface area (Å²) in [6, 6.07) is 13.2. The fourth-order valence-corrected chi connectivity index (χ4v) is 5.48. The van der Waals surface area contributed by atoms with E-state index in [9.17, 15) is 24.9 Å². The van der Waals surface area contributed by atoms with Crippen LogP contribution in [0, 0.1) is 22.7 Å². The number of nitrogens with one attached hydrogen (secondary N) is 1. The molecule has 0 radical (unpaired) electrons. The number of nitrogens with zero attached hydrogens (tertiary/aromatic N) is 4. The molecule has 1 aromatic carbocycles. The lowest BCUT2D eigenvalue weighted by Gasteiger charge is -2.35. The van der Waals surface area contributed by atoms with Crippen molar-refractivity contribution in [2.24, 2.45) is 11.5 Å². The van der Waals surface area contributed by atoms with Gasteiger partial charge in [0, 0.05) is 19.1 Å². The molecule has 1 unspecified atom stereocenters. The van der Waals surface area contributed by atoms with Crippen molar-refractivity contribution >= 4 is 35.5 Å². The maximum atomic E-state index is 12.6. The molecule has 1 saturated heterocycles. The molecular weight excluding hydrogens is 518 g/mol. The maximum Gasteiger partial charge on any atom is 0.405 e. The standard InChI is InChI=1S/C27H31N7O4S/c1-4-18-19(14-28)23(34-12-10-17(11-13-34)32-25(36)27(2,3)38-26(31)37)33-24(20(18)15-29)39-21(22(30)35)16-8-6-5-7-9-16/h5-9,17,21H,4,10-13H2,1-3H3,(H2,30,35)(H2,31,37)(H,32,36). The minimum absolute atomic E-state index is 0.190. The number of pyridine rings is 1. The first kappa shape index (κ1) is 29.3. The van der Waals surface area contributed by atoms with Crippen LogP contribution >= 0.6 is 11.8 Å². The molecule has 1 fully saturated rings. The van der Waals surface area contributed by atoms with Crippen LogP contribution in [0.25, 0.3) is 0 Å². The van der Waals surface area contributed by atoms with E-state index >= 15 is 0 Å². The van der Waals surface area contributed by atoms with Gasteiger partial charge in [0.1, 0.15) is 28.2 Å². The number of ether oxygens (including phenoxy) is 1. The first-order valence-corrected chi connectivity index (χ1v) is 13.3. The highest BCUT2D eigenvalue weighted by molar-refractivity contribution is 8.00. The number of aromatic nitrogens is 1. The van der Waals surface area contributed by atoms with Gasteiger partial charge in [-0.15, -0.1) is 0 Å². The molecule has 0 aliphatic carbocycles. The second-order valence-corrected chi connectivity index (χ2v) is 10.6. The average Bonchev–Trinajstić information content (AvgIpc) is 2.90. The molecule has 1 atom stereocenters. The van der Waals surface area contributed by atoms with Gasteiger partial charge in [-0.25, -0.2) is 9.78 Å². The zero-order chi connectivity index (χ0) is 28.7. The number of nitriles is 2. The van der Waals surface area contributed by atoms with Crippen LogP contribution in [0.3, 0.4) is 0 Å². The fraction of sp³-hybridized carbons (Fsp3) is 0.407. The summed E-state index contributed by atoms with van der Waals surface area (Å²) in [4.78, 5) is 42.8. The van der Waals surface area contributed by atoms with E-state index in [0.717, 1.165) is 11.8 Å². The number of hydrogen-bond donors (Lipinski definition) is 3. The van der Waals surface area contributed by atoms with Gasteiger partial charge in [0.05, 0.1) is 11.1 Å². The van der Waals surface area contributed by atoms with E-state index in [4.69, 9.17) is 21.2 Å². The van der Waals surface area contributed by atoms with Crippen molar-refractivity contribution < 1.29 is 19.1 Å². The Kier molecular flexibility index (Phi) is 9.38. The van der Waals surface area contributed by atoms with Crippen LogP contribution in [-0.4, -0.2) is 47.6 Å². The van der Waals surface area contributed by atoms with Gasteiger partial charge in [0.15, 0.2) is 5.60 Å². The number of rotatable bonds is 9. The van der Waals surface area contributed by atoms with Gasteiger partial charge < -0.3 is 26.4 Å². The summed E-state index contributed by atoms with van der Waals surface area (Å²) in [5.74, 6) is -0.603. The van der Waals surface area contributed by atoms with E-state index in [2.05, 4.69) is 17.5 Å². The van der Waals surface area contributed by atoms with Crippen molar-refractivity contribution in [1.82, 2.24) is 10.3 Å². The largest absolute Gasteiger partial charge is 0.434 e. The third-order valence-electron chi connectivity index (χ3n) is 6.45. The number of hydrogen-bond acceptors (Lipinski definition) is 9. The first-order chi connectivity index (χ1) is 18.5. The molecule has 0 spiro atoms. The third-order valence-corrected chi connectivity index (χ3v) is 7.71. The van der Waals surface area contributed by atoms with Gasteiger partial charge in [0.25, 0.3) is 5.91 Å². The van der Waals surface area contributed by atoms with E-state index in [1.165, 1.54) is 13.8 Å². The van der Waals surface area contributed by atoms with E-state index in [1.807, 2.05) is 17.9 Å². The lowest BCUT2D eigenvalue weighted by molar-refractivity contribution is -0.137. The maximum absolute atomic E-state index is 12.6. The number of carbonyl (C=O) groups excluding carboxylic acids is 3. The molecule has 3 rings (SSSR count). The first-order valence-electron chi connectivity index (χ1n) is 12.4. The molecule has 204 valence electrons. The molecule has 12 heteroatoms. The van der Waals surface area contributed by atoms with Crippen LogP contribution in [0.1, 0.15) is 61.1 Å². The minimum atomic E-state index is -1.41. The molecule has 0 saturated carbocycles. The van der Waals surface area contributed by atoms with Gasteiger partial charge in [-0.05, 0) is 44.2 Å². The number of amides is 3. The highest BCUT2D eigenvalue weighted by Gasteiger charge is 2.34. The quantitative estimate of drug-likeness (QED) is 0.395. The van der Waals surface area contributed by atoms with E-state index in [-0.39, 0.29) is 11.6 Å². The number of nitrogens with two attached hydrogens (primary N) is 2. The molecule has 2 aromatic rings. The Hall–Kier alpha value is -4.29. The predicted molar refractivity (Wildman–Crippen MR) is 145 cm³/mol. The summed E-state index contributed by atoms with van der Waals surface area (Å²) in [5.41, 5.74) is 11.2. The van der Waals surface area contributed by atoms with E-state index < -0.39 is 28.8 Å². The molecule has 1 aromatic heterocycles. The Morgan fingerprint density at radius 3 is 2.28 bits per heavy atom. The van der Waals surface area contributed by atoms with Crippen LogP contribution in [0.15, 0.2) is 35.4 Å². The summed E-state index contributed by atoms with van der Waals surface area (Å²) >= 11 is 1.09. The third kappa shape index (κ3) is 6.78. The van der Waals surface area contributed by atoms with Gasteiger partial charge in [0.2, 0.25) is 5.91 Å². The monoisotopic (exact) mass is 549 g/mol. The van der Waals surface area contributed by atoms with Crippen molar-refractivity contribution in [2.45, 2.75) is 62.0 Å². The van der Waals surface area contributed by atoms with Gasteiger partial charge in [-0.3, -0.25) is 9.59 Å². The number of anilines is 1. The molecule has 11 nitrogen and oxygen atoms in total. The summed E-state index contributed by atoms with van der Waals surface area (Å²) in [6.45, 7) is 5.72. The molecule has 1 aliphatic rings. The molecule has 39 heavy (non-hydrogen) atoms. The van der Waals surface area contributed by atoms with Crippen molar-refractivity contribution in [3.8, 4) is 12.1 Å². The van der Waals surface area contributed by atoms with E-state index in [1.54, 1.807) is 24.3 Å². The number of primary amides is 2. The van der Waals surface area contributed by atoms with Crippen molar-refractivity contribution in [3.05, 3.63) is 52.6 Å². The topological polar surface area (TPSA) is 188 Å². The Morgan fingerprint density at radius 1 is 1.15 bits per heavy atom. The molecule has 5 N–H and O–H groups in total. The minimum Gasteiger partial charge on any atom is -0.434 e. The van der Waals surface area contributed by atoms with E-state index in [0.29, 0.717) is 59.9 Å². The number of benzene rings is 1. The Balaban J connectivity index is 1.89. The molecule has 2 heterocycles. The van der Waals surface area contributed by atoms with Gasteiger partial charge >= 0.3 is 6.09 Å². The van der Waals surface area contributed by atoms with Crippen LogP contribution in [-0.2, 0) is 20.7 Å². The second-order valence-electron chi connectivity index (χ2n) is 9.52. The SMILES string of the molecule is CCc1c(C#N)c(SC(C(N)=O)c2ccccc2)nc(N2CCC(NC(=O)C(C)(C)OC(N)=O)CC2)c1C#N. The predicted octanol–water partition coefficient (Wildman–Crippen LogP) is 2.66. The lowest BCUT2D eigenvalue weighted by Crippen LogP contribution is -2.52. The Labute approximate surface area is 231 Å². The lowest BCUT2D eigenvalue weighted by atomic mass is 9.99. The number of carbonyl (C=O) groups is 3. The average molecular weight is 550 g/mol. The highest BCUT2D eigenvalue weighted by Crippen LogP contribution is 2.40. The highest BCUT2D eigenvalue weighted by atomic mass is 32.2. The molecular formula is C27H31N7O4S. The summed E-state index contributed by atoms with van der Waals surface area (Å²) in [7, 11) is 0. The Bertz CT molecular complexity index is 1330. The smallest absolute Gasteiger partial charge is 0.405 e. The van der Waals surface area contributed by atoms with Crippen molar-refractivity contribution in [1.29, 1.82) is 10.5 Å². The van der Waals surface area contributed by atoms with Crippen LogP contribution < -0.4 is 21.7 Å². The van der Waals surface area contributed by atoms with Gasteiger partial charge in [-0.2, -0.15) is 10.5 Å².